The molecule has 7 nitrogen and oxygen atoms in total. The van der Waals surface area contributed by atoms with Crippen LogP contribution in [0.1, 0.15) is 32.1 Å². The van der Waals surface area contributed by atoms with Crippen LogP contribution in [-0.2, 0) is 19.6 Å². The van der Waals surface area contributed by atoms with E-state index in [0.29, 0.717) is 12.2 Å². The Morgan fingerprint density at radius 1 is 1.19 bits per heavy atom. The summed E-state index contributed by atoms with van der Waals surface area (Å²) in [6.45, 7) is 0.637. The van der Waals surface area contributed by atoms with Crippen molar-refractivity contribution in [2.24, 2.45) is 17.1 Å². The highest BCUT2D eigenvalue weighted by Gasteiger charge is 2.64. The maximum atomic E-state index is 12.7. The van der Waals surface area contributed by atoms with Gasteiger partial charge in [0.2, 0.25) is 11.8 Å². The number of carbonyl (C=O) groups is 2. The van der Waals surface area contributed by atoms with E-state index in [-0.39, 0.29) is 17.2 Å². The Labute approximate surface area is 153 Å². The molecule has 0 unspecified atom stereocenters. The molecule has 2 atom stereocenters. The number of hydrogen-bond acceptors (Lipinski definition) is 5. The molecule has 1 heterocycles. The van der Waals surface area contributed by atoms with E-state index in [1.165, 1.54) is 6.07 Å². The van der Waals surface area contributed by atoms with Crippen LogP contribution >= 0.6 is 0 Å². The van der Waals surface area contributed by atoms with Crippen LogP contribution in [0.3, 0.4) is 0 Å². The summed E-state index contributed by atoms with van der Waals surface area (Å²) in [4.78, 5) is 24.5. The van der Waals surface area contributed by atoms with Crippen LogP contribution in [0.15, 0.2) is 41.3 Å². The molecule has 1 aliphatic carbocycles. The Kier molecular flexibility index (Phi) is 5.04. The average Bonchev–Trinajstić information content (AvgIpc) is 3.32. The molecule has 2 amide bonds. The van der Waals surface area contributed by atoms with Crippen molar-refractivity contribution in [3.8, 4) is 0 Å². The van der Waals surface area contributed by atoms with E-state index in [1.807, 2.05) is 12.2 Å². The molecule has 0 bridgehead atoms. The Balaban J connectivity index is 1.95. The molecule has 1 aromatic rings. The van der Waals surface area contributed by atoms with E-state index in [0.717, 1.165) is 25.7 Å². The highest BCUT2D eigenvalue weighted by Crippen LogP contribution is 2.53. The molecular weight excluding hydrogens is 354 g/mol. The molecule has 1 aromatic carbocycles. The lowest BCUT2D eigenvalue weighted by molar-refractivity contribution is -0.134. The fourth-order valence-corrected chi connectivity index (χ4v) is 4.56. The fraction of sp³-hybridized carbons (Fsp3) is 0.444. The minimum absolute atomic E-state index is 0.0180. The molecule has 0 aromatic heterocycles. The van der Waals surface area contributed by atoms with Crippen molar-refractivity contribution in [3.63, 3.8) is 0 Å². The predicted molar refractivity (Wildman–Crippen MR) is 97.6 cm³/mol. The van der Waals surface area contributed by atoms with Gasteiger partial charge in [-0.05, 0) is 37.8 Å². The molecule has 2 aliphatic rings. The third kappa shape index (κ3) is 3.46. The van der Waals surface area contributed by atoms with E-state index < -0.39 is 27.3 Å². The number of benzene rings is 1. The zero-order valence-corrected chi connectivity index (χ0v) is 15.2. The van der Waals surface area contributed by atoms with E-state index in [2.05, 4.69) is 10.0 Å². The first-order valence-electron chi connectivity index (χ1n) is 8.74. The maximum Gasteiger partial charge on any atom is 0.266 e. The third-order valence-electron chi connectivity index (χ3n) is 4.99. The lowest BCUT2D eigenvalue weighted by Gasteiger charge is -2.16. The minimum Gasteiger partial charge on any atom is -0.384 e. The largest absolute Gasteiger partial charge is 0.384 e. The van der Waals surface area contributed by atoms with Gasteiger partial charge in [0.1, 0.15) is 10.3 Å². The summed E-state index contributed by atoms with van der Waals surface area (Å²) in [6, 6.07) is 6.40. The molecule has 0 radical (unpaired) electrons. The number of primary amides is 1. The predicted octanol–water partition coefficient (Wildman–Crippen LogP) is 1.53. The first-order valence-corrected chi connectivity index (χ1v) is 10.2. The molecule has 1 aliphatic heterocycles. The monoisotopic (exact) mass is 377 g/mol. The highest BCUT2D eigenvalue weighted by atomic mass is 32.2. The SMILES string of the molecule is NC(=O)[C@@]12C[C@H]1/C=C/CCCCCNc1ccccc1S(=O)(=O)NC2=O. The van der Waals surface area contributed by atoms with Crippen LogP contribution in [-0.4, -0.2) is 26.8 Å². The topological polar surface area (TPSA) is 118 Å². The number of sulfonamides is 1. The third-order valence-corrected chi connectivity index (χ3v) is 6.38. The van der Waals surface area contributed by atoms with Gasteiger partial charge in [0.05, 0.1) is 5.69 Å². The van der Waals surface area contributed by atoms with Crippen LogP contribution in [0.25, 0.3) is 0 Å². The van der Waals surface area contributed by atoms with Crippen LogP contribution < -0.4 is 15.8 Å². The molecule has 0 spiro atoms. The lowest BCUT2D eigenvalue weighted by atomic mass is 10.0. The van der Waals surface area contributed by atoms with E-state index in [4.69, 9.17) is 5.73 Å². The van der Waals surface area contributed by atoms with Crippen LogP contribution in [0.2, 0.25) is 0 Å². The van der Waals surface area contributed by atoms with Gasteiger partial charge in [-0.25, -0.2) is 13.1 Å². The zero-order valence-electron chi connectivity index (χ0n) is 14.4. The summed E-state index contributed by atoms with van der Waals surface area (Å²) < 4.78 is 27.5. The highest BCUT2D eigenvalue weighted by molar-refractivity contribution is 7.90. The molecule has 8 heteroatoms. The summed E-state index contributed by atoms with van der Waals surface area (Å²) in [5, 5.41) is 3.12. The van der Waals surface area contributed by atoms with Crippen molar-refractivity contribution in [1.29, 1.82) is 0 Å². The number of amides is 2. The molecule has 4 N–H and O–H groups in total. The zero-order chi connectivity index (χ0) is 18.8. The number of hydrogen-bond donors (Lipinski definition) is 3. The smallest absolute Gasteiger partial charge is 0.266 e. The number of rotatable bonds is 1. The lowest BCUT2D eigenvalue weighted by Crippen LogP contribution is -2.44. The van der Waals surface area contributed by atoms with Gasteiger partial charge >= 0.3 is 0 Å². The summed E-state index contributed by atoms with van der Waals surface area (Å²) in [5.74, 6) is -2.01. The van der Waals surface area contributed by atoms with E-state index in [1.54, 1.807) is 18.2 Å². The van der Waals surface area contributed by atoms with Gasteiger partial charge in [-0.2, -0.15) is 0 Å². The second-order valence-corrected chi connectivity index (χ2v) is 8.43. The Hall–Kier alpha value is -2.35. The fourth-order valence-electron chi connectivity index (χ4n) is 3.34. The van der Waals surface area contributed by atoms with E-state index >= 15 is 0 Å². The van der Waals surface area contributed by atoms with Crippen LogP contribution in [0, 0.1) is 11.3 Å². The van der Waals surface area contributed by atoms with Gasteiger partial charge in [-0.15, -0.1) is 0 Å². The van der Waals surface area contributed by atoms with Gasteiger partial charge in [-0.3, -0.25) is 9.59 Å². The number of nitrogens with two attached hydrogens (primary N) is 1. The van der Waals surface area contributed by atoms with Crippen LogP contribution in [0.5, 0.6) is 0 Å². The average molecular weight is 377 g/mol. The molecule has 1 saturated carbocycles. The molecule has 26 heavy (non-hydrogen) atoms. The first kappa shape index (κ1) is 18.4. The minimum atomic E-state index is -4.12. The number of nitrogens with one attached hydrogen (secondary N) is 2. The quantitative estimate of drug-likeness (QED) is 0.506. The van der Waals surface area contributed by atoms with Crippen molar-refractivity contribution < 1.29 is 18.0 Å². The normalized spacial score (nSPS) is 29.5. The molecule has 3 rings (SSSR count). The summed E-state index contributed by atoms with van der Waals surface area (Å²) in [6.07, 6.45) is 7.72. The number of fused-ring (bicyclic) bond motifs is 2. The van der Waals surface area contributed by atoms with Gasteiger partial charge in [0, 0.05) is 12.5 Å². The van der Waals surface area contributed by atoms with Gasteiger partial charge < -0.3 is 11.1 Å². The molecule has 0 saturated heterocycles. The Bertz CT molecular complexity index is 850. The number of allylic oxidation sites excluding steroid dienone is 2. The van der Waals surface area contributed by atoms with Crippen molar-refractivity contribution in [1.82, 2.24) is 4.72 Å². The molecule has 1 fully saturated rings. The van der Waals surface area contributed by atoms with Crippen LogP contribution in [0.4, 0.5) is 5.69 Å². The Morgan fingerprint density at radius 3 is 2.73 bits per heavy atom. The second-order valence-electron chi connectivity index (χ2n) is 6.78. The molecule has 140 valence electrons. The number of para-hydroxylation sites is 1. The summed E-state index contributed by atoms with van der Waals surface area (Å²) in [7, 11) is -4.12. The summed E-state index contributed by atoms with van der Waals surface area (Å²) >= 11 is 0. The Morgan fingerprint density at radius 2 is 1.96 bits per heavy atom. The van der Waals surface area contributed by atoms with Crippen molar-refractivity contribution in [2.75, 3.05) is 11.9 Å². The molecular formula is C18H23N3O4S. The van der Waals surface area contributed by atoms with Crippen molar-refractivity contribution in [3.05, 3.63) is 36.4 Å². The second kappa shape index (κ2) is 7.11. The van der Waals surface area contributed by atoms with E-state index in [9.17, 15) is 18.0 Å². The van der Waals surface area contributed by atoms with Gasteiger partial charge in [0.25, 0.3) is 10.0 Å². The van der Waals surface area contributed by atoms with Gasteiger partial charge in [0.15, 0.2) is 0 Å². The van der Waals surface area contributed by atoms with Gasteiger partial charge in [-0.1, -0.05) is 30.7 Å². The van der Waals surface area contributed by atoms with Crippen molar-refractivity contribution >= 4 is 27.5 Å². The summed E-state index contributed by atoms with van der Waals surface area (Å²) in [5.41, 5.74) is 4.39. The number of carbonyl (C=O) groups excluding carboxylic acids is 2. The maximum absolute atomic E-state index is 12.7. The van der Waals surface area contributed by atoms with Crippen molar-refractivity contribution in [2.45, 2.75) is 37.0 Å². The number of anilines is 1. The first-order chi connectivity index (χ1) is 12.4. The standard InChI is InChI=1S/C18H23N3O4S/c19-16(22)18-12-13(18)8-4-2-1-3-7-11-20-14-9-5-6-10-15(14)26(24,25)21-17(18)23/h4-6,8-10,13,20H,1-3,7,11-12H2,(H2,19,22)(H,21,23)/b8-4+/t13-,18-/m1/s1.